The first-order chi connectivity index (χ1) is 16.9. The topological polar surface area (TPSA) is 41.8 Å². The molecule has 0 spiro atoms. The van der Waals surface area contributed by atoms with Crippen LogP contribution in [0.15, 0.2) is 36.7 Å². The zero-order valence-electron chi connectivity index (χ0n) is 21.6. The number of ether oxygens (including phenoxy) is 1. The van der Waals surface area contributed by atoms with Crippen LogP contribution < -0.4 is 10.1 Å². The van der Waals surface area contributed by atoms with E-state index in [9.17, 15) is 4.39 Å². The van der Waals surface area contributed by atoms with E-state index in [1.54, 1.807) is 6.07 Å². The second kappa shape index (κ2) is 10.3. The molecular weight excluding hydrogens is 439 g/mol. The number of fused-ring (bicyclic) bond motifs is 1. The highest BCUT2D eigenvalue weighted by Gasteiger charge is 2.34. The molecule has 0 bridgehead atoms. The molecule has 0 saturated carbocycles. The number of hydrogen-bond acceptors (Lipinski definition) is 4. The molecule has 4 heterocycles. The lowest BCUT2D eigenvalue weighted by Crippen LogP contribution is -2.51. The molecule has 1 aromatic carbocycles. The summed E-state index contributed by atoms with van der Waals surface area (Å²) >= 11 is 0. The van der Waals surface area contributed by atoms with Crippen molar-refractivity contribution in [2.75, 3.05) is 26.7 Å². The van der Waals surface area contributed by atoms with Crippen LogP contribution in [0.2, 0.25) is 0 Å². The molecule has 0 amide bonds. The van der Waals surface area contributed by atoms with Crippen LogP contribution in [0.25, 0.3) is 16.9 Å². The molecule has 2 aliphatic heterocycles. The van der Waals surface area contributed by atoms with Gasteiger partial charge in [-0.3, -0.25) is 4.90 Å². The average molecular weight is 479 g/mol. The Morgan fingerprint density at radius 1 is 1.14 bits per heavy atom. The van der Waals surface area contributed by atoms with Gasteiger partial charge in [0.05, 0.1) is 12.8 Å². The largest absolute Gasteiger partial charge is 0.494 e. The van der Waals surface area contributed by atoms with Gasteiger partial charge in [0, 0.05) is 30.0 Å². The quantitative estimate of drug-likeness (QED) is 0.486. The lowest BCUT2D eigenvalue weighted by molar-refractivity contribution is 0.0561. The van der Waals surface area contributed by atoms with Crippen molar-refractivity contribution in [1.29, 1.82) is 0 Å². The molecule has 3 aromatic rings. The van der Waals surface area contributed by atoms with E-state index in [0.717, 1.165) is 36.0 Å². The Kier molecular flexibility index (Phi) is 7.12. The second-order valence-corrected chi connectivity index (χ2v) is 10.9. The molecule has 35 heavy (non-hydrogen) atoms. The third-order valence-corrected chi connectivity index (χ3v) is 7.96. The zero-order valence-corrected chi connectivity index (χ0v) is 21.6. The summed E-state index contributed by atoms with van der Waals surface area (Å²) in [5.41, 5.74) is 5.05. The van der Waals surface area contributed by atoms with Gasteiger partial charge < -0.3 is 14.5 Å². The third-order valence-electron chi connectivity index (χ3n) is 7.96. The van der Waals surface area contributed by atoms with Crippen molar-refractivity contribution in [1.82, 2.24) is 19.6 Å². The number of rotatable bonds is 6. The third kappa shape index (κ3) is 5.10. The minimum absolute atomic E-state index is 0.253. The highest BCUT2D eigenvalue weighted by Crippen LogP contribution is 2.37. The molecule has 1 unspecified atom stereocenters. The summed E-state index contributed by atoms with van der Waals surface area (Å²) in [6.45, 7) is 10.3. The van der Waals surface area contributed by atoms with E-state index in [-0.39, 0.29) is 11.6 Å². The van der Waals surface area contributed by atoms with Crippen LogP contribution in [0.1, 0.15) is 63.0 Å². The fourth-order valence-corrected chi connectivity index (χ4v) is 6.25. The number of hydrogen-bond donors (Lipinski definition) is 1. The van der Waals surface area contributed by atoms with Gasteiger partial charge in [-0.05, 0) is 99.8 Å². The van der Waals surface area contributed by atoms with Crippen LogP contribution in [0.4, 0.5) is 4.39 Å². The molecule has 2 aromatic heterocycles. The minimum atomic E-state index is -0.365. The van der Waals surface area contributed by atoms with Gasteiger partial charge in [0.15, 0.2) is 11.6 Å². The van der Waals surface area contributed by atoms with Crippen molar-refractivity contribution >= 4 is 5.65 Å². The van der Waals surface area contributed by atoms with Gasteiger partial charge >= 0.3 is 0 Å². The number of nitrogens with zero attached hydrogens (tertiary/aromatic N) is 3. The van der Waals surface area contributed by atoms with Crippen LogP contribution in [-0.4, -0.2) is 53.1 Å². The fourth-order valence-electron chi connectivity index (χ4n) is 6.25. The maximum absolute atomic E-state index is 14.3. The first-order valence-electron chi connectivity index (χ1n) is 13.2. The molecule has 0 radical (unpaired) electrons. The number of likely N-dealkylation sites (tertiary alicyclic amines) is 1. The summed E-state index contributed by atoms with van der Waals surface area (Å²) in [6, 6.07) is 8.74. The van der Waals surface area contributed by atoms with Crippen molar-refractivity contribution in [2.45, 2.75) is 70.9 Å². The van der Waals surface area contributed by atoms with E-state index in [0.29, 0.717) is 17.9 Å². The van der Waals surface area contributed by atoms with Gasteiger partial charge in [0.25, 0.3) is 0 Å². The smallest absolute Gasteiger partial charge is 0.165 e. The molecule has 2 aliphatic rings. The summed E-state index contributed by atoms with van der Waals surface area (Å²) < 4.78 is 21.5. The average Bonchev–Trinajstić information content (AvgIpc) is 3.29. The SMILES string of the molecule is COc1ccc(-c2cn3cc(C4CCN(C5CCNCC5)[C@H](CC(C)C)C4)cc(C)c3n2)cc1F. The van der Waals surface area contributed by atoms with Crippen molar-refractivity contribution in [3.63, 3.8) is 0 Å². The fraction of sp³-hybridized carbons (Fsp3) is 0.552. The van der Waals surface area contributed by atoms with E-state index in [1.807, 2.05) is 12.3 Å². The Labute approximate surface area is 208 Å². The number of nitrogens with one attached hydrogen (secondary N) is 1. The monoisotopic (exact) mass is 478 g/mol. The van der Waals surface area contributed by atoms with Crippen molar-refractivity contribution in [2.24, 2.45) is 5.92 Å². The molecule has 188 valence electrons. The normalized spacial score (nSPS) is 22.2. The molecular formula is C29H39FN4O. The molecule has 2 atom stereocenters. The summed E-state index contributed by atoms with van der Waals surface area (Å²) in [5.74, 6) is 1.15. The summed E-state index contributed by atoms with van der Waals surface area (Å²) in [7, 11) is 1.48. The molecule has 1 N–H and O–H groups in total. The zero-order chi connectivity index (χ0) is 24.5. The molecule has 2 fully saturated rings. The van der Waals surface area contributed by atoms with Gasteiger partial charge in [-0.2, -0.15) is 0 Å². The van der Waals surface area contributed by atoms with Gasteiger partial charge in [-0.15, -0.1) is 0 Å². The predicted molar refractivity (Wildman–Crippen MR) is 140 cm³/mol. The highest BCUT2D eigenvalue weighted by molar-refractivity contribution is 5.65. The Bertz CT molecular complexity index is 1170. The number of piperidine rings is 2. The van der Waals surface area contributed by atoms with Crippen LogP contribution in [-0.2, 0) is 0 Å². The van der Waals surface area contributed by atoms with Gasteiger partial charge in [-0.25, -0.2) is 9.37 Å². The molecule has 0 aliphatic carbocycles. The van der Waals surface area contributed by atoms with Crippen LogP contribution in [0.3, 0.4) is 0 Å². The van der Waals surface area contributed by atoms with Gasteiger partial charge in [0.1, 0.15) is 5.65 Å². The Hall–Kier alpha value is -2.44. The van der Waals surface area contributed by atoms with Gasteiger partial charge in [-0.1, -0.05) is 19.9 Å². The maximum atomic E-state index is 14.3. The maximum Gasteiger partial charge on any atom is 0.165 e. The molecule has 5 rings (SSSR count). The first-order valence-corrected chi connectivity index (χ1v) is 13.2. The number of halogens is 1. The minimum Gasteiger partial charge on any atom is -0.494 e. The van der Waals surface area contributed by atoms with Crippen LogP contribution in [0, 0.1) is 18.7 Å². The highest BCUT2D eigenvalue weighted by atomic mass is 19.1. The Morgan fingerprint density at radius 3 is 2.66 bits per heavy atom. The number of methoxy groups -OCH3 is 1. The standard InChI is InChI=1S/C29H39FN4O/c1-19(2)13-25-15-21(9-12-34(25)24-7-10-31-11-8-24)23-14-20(3)29-32-27(18-33(29)17-23)22-5-6-28(35-4)26(30)16-22/h5-6,14,16-19,21,24-25,31H,7-13,15H2,1-4H3/t21?,25-/m1/s1. The van der Waals surface area contributed by atoms with Gasteiger partial charge in [0.2, 0.25) is 0 Å². The second-order valence-electron chi connectivity index (χ2n) is 10.9. The Morgan fingerprint density at radius 2 is 1.94 bits per heavy atom. The molecule has 5 nitrogen and oxygen atoms in total. The summed E-state index contributed by atoms with van der Waals surface area (Å²) in [4.78, 5) is 7.68. The van der Waals surface area contributed by atoms with Crippen molar-refractivity contribution in [3.05, 3.63) is 53.6 Å². The molecule has 2 saturated heterocycles. The number of aryl methyl sites for hydroxylation is 1. The van der Waals surface area contributed by atoms with Crippen molar-refractivity contribution < 1.29 is 9.13 Å². The number of pyridine rings is 1. The molecule has 6 heteroatoms. The van der Waals surface area contributed by atoms with Crippen LogP contribution in [0.5, 0.6) is 5.75 Å². The van der Waals surface area contributed by atoms with E-state index < -0.39 is 0 Å². The number of benzene rings is 1. The van der Waals surface area contributed by atoms with E-state index in [2.05, 4.69) is 47.7 Å². The Balaban J connectivity index is 1.40. The van der Waals surface area contributed by atoms with E-state index in [1.165, 1.54) is 63.0 Å². The van der Waals surface area contributed by atoms with E-state index in [4.69, 9.17) is 9.72 Å². The van der Waals surface area contributed by atoms with Crippen LogP contribution >= 0.6 is 0 Å². The number of aromatic nitrogens is 2. The predicted octanol–water partition coefficient (Wildman–Crippen LogP) is 5.80. The first kappa shape index (κ1) is 24.3. The lowest BCUT2D eigenvalue weighted by Gasteiger charge is -2.46. The number of imidazole rings is 1. The van der Waals surface area contributed by atoms with Crippen molar-refractivity contribution in [3.8, 4) is 17.0 Å². The summed E-state index contributed by atoms with van der Waals surface area (Å²) in [6.07, 6.45) is 10.5. The summed E-state index contributed by atoms with van der Waals surface area (Å²) in [5, 5.41) is 3.53. The van der Waals surface area contributed by atoms with E-state index >= 15 is 0 Å². The lowest BCUT2D eigenvalue weighted by atomic mass is 9.81.